The number of rotatable bonds is 2. The molecule has 0 atom stereocenters. The SMILES string of the molecule is C=CCC1=C(O)CCCC1.O=C(O)O. The molecule has 0 spiro atoms. The quantitative estimate of drug-likeness (QED) is 0.598. The van der Waals surface area contributed by atoms with E-state index in [0.29, 0.717) is 5.76 Å². The first-order valence-electron chi connectivity index (χ1n) is 4.50. The van der Waals surface area contributed by atoms with Gasteiger partial charge in [-0.1, -0.05) is 6.08 Å². The van der Waals surface area contributed by atoms with Crippen molar-refractivity contribution in [3.05, 3.63) is 24.0 Å². The lowest BCUT2D eigenvalue weighted by atomic mass is 9.96. The van der Waals surface area contributed by atoms with Gasteiger partial charge in [0.15, 0.2) is 0 Å². The van der Waals surface area contributed by atoms with Gasteiger partial charge >= 0.3 is 6.16 Å². The molecular weight excluding hydrogens is 184 g/mol. The lowest BCUT2D eigenvalue weighted by Gasteiger charge is -2.13. The molecule has 0 aromatic heterocycles. The Morgan fingerprint density at radius 1 is 1.36 bits per heavy atom. The van der Waals surface area contributed by atoms with Gasteiger partial charge in [0, 0.05) is 6.42 Å². The van der Waals surface area contributed by atoms with Crippen LogP contribution >= 0.6 is 0 Å². The molecule has 1 aliphatic rings. The fourth-order valence-corrected chi connectivity index (χ4v) is 1.35. The summed E-state index contributed by atoms with van der Waals surface area (Å²) >= 11 is 0. The molecule has 0 bridgehead atoms. The minimum Gasteiger partial charge on any atom is -0.512 e. The second-order valence-corrected chi connectivity index (χ2v) is 3.03. The average molecular weight is 200 g/mol. The molecule has 80 valence electrons. The van der Waals surface area contributed by atoms with Gasteiger partial charge < -0.3 is 15.3 Å². The van der Waals surface area contributed by atoms with E-state index in [4.69, 9.17) is 15.0 Å². The van der Waals surface area contributed by atoms with Crippen molar-refractivity contribution in [2.24, 2.45) is 0 Å². The van der Waals surface area contributed by atoms with Crippen molar-refractivity contribution in [2.75, 3.05) is 0 Å². The maximum atomic E-state index is 9.33. The number of carboxylic acid groups (broad SMARTS) is 2. The zero-order chi connectivity index (χ0) is 11.0. The Kier molecular flexibility index (Phi) is 6.28. The van der Waals surface area contributed by atoms with Crippen LogP contribution in [0.15, 0.2) is 24.0 Å². The number of aliphatic hydroxyl groups is 1. The zero-order valence-corrected chi connectivity index (χ0v) is 8.07. The molecule has 0 aromatic carbocycles. The summed E-state index contributed by atoms with van der Waals surface area (Å²) in [4.78, 5) is 8.56. The number of hydrogen-bond donors (Lipinski definition) is 3. The van der Waals surface area contributed by atoms with Gasteiger partial charge in [0.2, 0.25) is 0 Å². The van der Waals surface area contributed by atoms with E-state index in [1.54, 1.807) is 0 Å². The van der Waals surface area contributed by atoms with Crippen molar-refractivity contribution in [3.8, 4) is 0 Å². The minimum absolute atomic E-state index is 0.617. The van der Waals surface area contributed by atoms with Crippen LogP contribution in [0.2, 0.25) is 0 Å². The molecule has 0 fully saturated rings. The Hall–Kier alpha value is -1.45. The Morgan fingerprint density at radius 2 is 1.86 bits per heavy atom. The van der Waals surface area contributed by atoms with E-state index in [1.807, 2.05) is 6.08 Å². The number of carbonyl (C=O) groups is 1. The summed E-state index contributed by atoms with van der Waals surface area (Å²) in [6, 6.07) is 0. The first-order chi connectivity index (χ1) is 6.57. The van der Waals surface area contributed by atoms with Gasteiger partial charge in [-0.2, -0.15) is 0 Å². The van der Waals surface area contributed by atoms with Gasteiger partial charge in [-0.25, -0.2) is 4.79 Å². The summed E-state index contributed by atoms with van der Waals surface area (Å²) in [6.45, 7) is 3.64. The van der Waals surface area contributed by atoms with Crippen LogP contribution in [0.5, 0.6) is 0 Å². The van der Waals surface area contributed by atoms with Crippen LogP contribution in [-0.4, -0.2) is 21.5 Å². The van der Waals surface area contributed by atoms with E-state index in [-0.39, 0.29) is 0 Å². The Balaban J connectivity index is 0.000000364. The molecule has 1 rings (SSSR count). The van der Waals surface area contributed by atoms with Gasteiger partial charge in [-0.05, 0) is 31.3 Å². The molecule has 0 amide bonds. The summed E-state index contributed by atoms with van der Waals surface area (Å²) in [5.41, 5.74) is 1.20. The average Bonchev–Trinajstić information content (AvgIpc) is 2.08. The molecular formula is C10H16O4. The highest BCUT2D eigenvalue weighted by Gasteiger charge is 2.09. The summed E-state index contributed by atoms with van der Waals surface area (Å²) in [5.74, 6) is 0.617. The maximum Gasteiger partial charge on any atom is 0.503 e. The minimum atomic E-state index is -1.83. The van der Waals surface area contributed by atoms with E-state index < -0.39 is 6.16 Å². The van der Waals surface area contributed by atoms with Gasteiger partial charge in [0.25, 0.3) is 0 Å². The van der Waals surface area contributed by atoms with Crippen LogP contribution in [0.3, 0.4) is 0 Å². The van der Waals surface area contributed by atoms with E-state index in [1.165, 1.54) is 12.0 Å². The van der Waals surface area contributed by atoms with E-state index >= 15 is 0 Å². The van der Waals surface area contributed by atoms with Gasteiger partial charge in [-0.3, -0.25) is 0 Å². The van der Waals surface area contributed by atoms with Crippen LogP contribution in [0, 0.1) is 0 Å². The van der Waals surface area contributed by atoms with Crippen LogP contribution in [0.1, 0.15) is 32.1 Å². The second kappa shape index (κ2) is 7.00. The molecule has 0 radical (unpaired) electrons. The van der Waals surface area contributed by atoms with Crippen molar-refractivity contribution in [2.45, 2.75) is 32.1 Å². The highest BCUT2D eigenvalue weighted by Crippen LogP contribution is 2.24. The maximum absolute atomic E-state index is 9.33. The highest BCUT2D eigenvalue weighted by molar-refractivity contribution is 5.53. The lowest BCUT2D eigenvalue weighted by molar-refractivity contribution is 0.137. The molecule has 0 unspecified atom stereocenters. The smallest absolute Gasteiger partial charge is 0.503 e. The molecule has 0 saturated carbocycles. The predicted molar refractivity (Wildman–Crippen MR) is 53.6 cm³/mol. The summed E-state index contributed by atoms with van der Waals surface area (Å²) in [6.07, 6.45) is 5.21. The first kappa shape index (κ1) is 12.6. The molecule has 0 aliphatic heterocycles. The lowest BCUT2D eigenvalue weighted by Crippen LogP contribution is -1.98. The second-order valence-electron chi connectivity index (χ2n) is 3.03. The first-order valence-corrected chi connectivity index (χ1v) is 4.50. The molecule has 0 aromatic rings. The van der Waals surface area contributed by atoms with Crippen molar-refractivity contribution >= 4 is 6.16 Å². The Morgan fingerprint density at radius 3 is 2.29 bits per heavy atom. The standard InChI is InChI=1S/C9H14O.CH2O3/c1-2-5-8-6-3-4-7-9(8)10;2-1(3)4/h2,10H,1,3-7H2;(H2,2,3,4). The molecule has 0 saturated heterocycles. The predicted octanol–water partition coefficient (Wildman–Crippen LogP) is 3.17. The third kappa shape index (κ3) is 6.11. The number of aliphatic hydroxyl groups excluding tert-OH is 1. The molecule has 1 aliphatic carbocycles. The van der Waals surface area contributed by atoms with E-state index in [2.05, 4.69) is 6.58 Å². The van der Waals surface area contributed by atoms with E-state index in [0.717, 1.165) is 25.7 Å². The van der Waals surface area contributed by atoms with Crippen molar-refractivity contribution in [1.82, 2.24) is 0 Å². The molecule has 4 nitrogen and oxygen atoms in total. The third-order valence-corrected chi connectivity index (χ3v) is 1.94. The van der Waals surface area contributed by atoms with Crippen molar-refractivity contribution < 1.29 is 20.1 Å². The molecule has 3 N–H and O–H groups in total. The van der Waals surface area contributed by atoms with E-state index in [9.17, 15) is 5.11 Å². The summed E-state index contributed by atoms with van der Waals surface area (Å²) in [5, 5.41) is 23.3. The molecule has 14 heavy (non-hydrogen) atoms. The van der Waals surface area contributed by atoms with Gasteiger partial charge in [-0.15, -0.1) is 6.58 Å². The molecule has 4 heteroatoms. The molecule has 0 heterocycles. The topological polar surface area (TPSA) is 77.8 Å². The van der Waals surface area contributed by atoms with Crippen LogP contribution < -0.4 is 0 Å². The van der Waals surface area contributed by atoms with Crippen LogP contribution in [0.25, 0.3) is 0 Å². The highest BCUT2D eigenvalue weighted by atomic mass is 16.6. The Labute approximate surface area is 83.2 Å². The normalized spacial score (nSPS) is 15.4. The zero-order valence-electron chi connectivity index (χ0n) is 8.07. The number of hydrogen-bond acceptors (Lipinski definition) is 2. The summed E-state index contributed by atoms with van der Waals surface area (Å²) < 4.78 is 0. The largest absolute Gasteiger partial charge is 0.512 e. The van der Waals surface area contributed by atoms with Crippen molar-refractivity contribution in [1.29, 1.82) is 0 Å². The Bertz CT molecular complexity index is 226. The van der Waals surface area contributed by atoms with Crippen LogP contribution in [-0.2, 0) is 0 Å². The summed E-state index contributed by atoms with van der Waals surface area (Å²) in [7, 11) is 0. The number of allylic oxidation sites excluding steroid dienone is 3. The van der Waals surface area contributed by atoms with Crippen LogP contribution in [0.4, 0.5) is 4.79 Å². The van der Waals surface area contributed by atoms with Gasteiger partial charge in [0.1, 0.15) is 0 Å². The fraction of sp³-hybridized carbons (Fsp3) is 0.500. The van der Waals surface area contributed by atoms with Gasteiger partial charge in [0.05, 0.1) is 5.76 Å². The fourth-order valence-electron chi connectivity index (χ4n) is 1.35. The monoisotopic (exact) mass is 200 g/mol. The van der Waals surface area contributed by atoms with Crippen molar-refractivity contribution in [3.63, 3.8) is 0 Å². The third-order valence-electron chi connectivity index (χ3n) is 1.94.